The summed E-state index contributed by atoms with van der Waals surface area (Å²) in [6.45, 7) is 4.34. The Morgan fingerprint density at radius 2 is 2.10 bits per heavy atom. The normalized spacial score (nSPS) is 12.2. The minimum Gasteiger partial charge on any atom is -0.497 e. The number of benzene rings is 1. The van der Waals surface area contributed by atoms with Crippen LogP contribution in [0.25, 0.3) is 0 Å². The predicted octanol–water partition coefficient (Wildman–Crippen LogP) is 2.25. The number of methoxy groups -OCH3 is 2. The van der Waals surface area contributed by atoms with E-state index in [1.165, 1.54) is 0 Å². The quantitative estimate of drug-likeness (QED) is 0.873. The molecule has 1 atom stereocenters. The summed E-state index contributed by atoms with van der Waals surface area (Å²) in [5, 5.41) is 7.08. The molecule has 1 aromatic heterocycles. The number of hydrogen-bond donors (Lipinski definition) is 1. The Hall–Kier alpha value is -2.08. The molecule has 1 N–H and O–H groups in total. The summed E-state index contributed by atoms with van der Waals surface area (Å²) in [5.74, 6) is 2.81. The molecule has 0 saturated heterocycles. The highest BCUT2D eigenvalue weighted by molar-refractivity contribution is 5.42. The number of ether oxygens (including phenoxy) is 2. The second-order valence-corrected chi connectivity index (χ2v) is 4.45. The minimum absolute atomic E-state index is 0.0623. The molecule has 0 aliphatic heterocycles. The summed E-state index contributed by atoms with van der Waals surface area (Å²) >= 11 is 0. The predicted molar refractivity (Wildman–Crippen MR) is 73.8 cm³/mol. The van der Waals surface area contributed by atoms with Gasteiger partial charge in [-0.3, -0.25) is 0 Å². The average molecular weight is 277 g/mol. The van der Waals surface area contributed by atoms with Crippen molar-refractivity contribution in [2.24, 2.45) is 0 Å². The molecule has 0 spiro atoms. The molecule has 108 valence electrons. The molecule has 0 aliphatic rings. The number of aryl methyl sites for hydroxylation is 1. The fourth-order valence-corrected chi connectivity index (χ4v) is 1.94. The molecule has 1 heterocycles. The van der Waals surface area contributed by atoms with Crippen LogP contribution in [-0.2, 0) is 6.54 Å². The van der Waals surface area contributed by atoms with E-state index in [0.29, 0.717) is 18.3 Å². The molecule has 0 radical (unpaired) electrons. The monoisotopic (exact) mass is 277 g/mol. The van der Waals surface area contributed by atoms with Crippen molar-refractivity contribution < 1.29 is 14.0 Å². The summed E-state index contributed by atoms with van der Waals surface area (Å²) in [6, 6.07) is 5.78. The first-order valence-corrected chi connectivity index (χ1v) is 6.38. The number of hydrogen-bond acceptors (Lipinski definition) is 6. The first-order chi connectivity index (χ1) is 9.63. The van der Waals surface area contributed by atoms with Gasteiger partial charge in [0.1, 0.15) is 11.5 Å². The van der Waals surface area contributed by atoms with Crippen LogP contribution in [0.2, 0.25) is 0 Å². The summed E-state index contributed by atoms with van der Waals surface area (Å²) in [5.41, 5.74) is 1.02. The molecule has 2 rings (SSSR count). The fraction of sp³-hybridized carbons (Fsp3) is 0.429. The first-order valence-electron chi connectivity index (χ1n) is 6.38. The van der Waals surface area contributed by atoms with Crippen molar-refractivity contribution in [3.05, 3.63) is 35.5 Å². The van der Waals surface area contributed by atoms with E-state index in [2.05, 4.69) is 15.5 Å². The van der Waals surface area contributed by atoms with Crippen LogP contribution in [0.5, 0.6) is 11.5 Å². The molecule has 1 unspecified atom stereocenters. The Morgan fingerprint density at radius 3 is 2.70 bits per heavy atom. The van der Waals surface area contributed by atoms with Gasteiger partial charge >= 0.3 is 0 Å². The zero-order valence-electron chi connectivity index (χ0n) is 12.1. The summed E-state index contributed by atoms with van der Waals surface area (Å²) in [6.07, 6.45) is 0. The highest BCUT2D eigenvalue weighted by Crippen LogP contribution is 2.29. The molecule has 20 heavy (non-hydrogen) atoms. The molecule has 2 aromatic rings. The number of nitrogens with one attached hydrogen (secondary N) is 1. The van der Waals surface area contributed by atoms with Crippen LogP contribution < -0.4 is 14.8 Å². The zero-order chi connectivity index (χ0) is 14.5. The zero-order valence-corrected chi connectivity index (χ0v) is 12.1. The van der Waals surface area contributed by atoms with Crippen molar-refractivity contribution in [1.29, 1.82) is 0 Å². The highest BCUT2D eigenvalue weighted by atomic mass is 16.5. The van der Waals surface area contributed by atoms with Crippen molar-refractivity contribution >= 4 is 0 Å². The van der Waals surface area contributed by atoms with E-state index in [1.807, 2.05) is 25.1 Å². The van der Waals surface area contributed by atoms with E-state index in [4.69, 9.17) is 14.0 Å². The van der Waals surface area contributed by atoms with Gasteiger partial charge in [-0.2, -0.15) is 4.98 Å². The van der Waals surface area contributed by atoms with Gasteiger partial charge in [0.25, 0.3) is 0 Å². The Labute approximate surface area is 118 Å². The van der Waals surface area contributed by atoms with Gasteiger partial charge in [-0.15, -0.1) is 0 Å². The maximum atomic E-state index is 5.38. The standard InChI is InChI=1S/C14H19N3O3/c1-9(15-8-14-16-10(2)17-20-14)12-7-11(18-3)5-6-13(12)19-4/h5-7,9,15H,8H2,1-4H3. The molecular formula is C14H19N3O3. The Morgan fingerprint density at radius 1 is 1.30 bits per heavy atom. The van der Waals surface area contributed by atoms with Gasteiger partial charge in [0.2, 0.25) is 5.89 Å². The van der Waals surface area contributed by atoms with Gasteiger partial charge in [-0.25, -0.2) is 0 Å². The second-order valence-electron chi connectivity index (χ2n) is 4.45. The average Bonchev–Trinajstić information content (AvgIpc) is 2.89. The van der Waals surface area contributed by atoms with E-state index in [0.717, 1.165) is 17.1 Å². The van der Waals surface area contributed by atoms with Crippen LogP contribution in [0.1, 0.15) is 30.2 Å². The van der Waals surface area contributed by atoms with Gasteiger partial charge < -0.3 is 19.3 Å². The molecule has 6 nitrogen and oxygen atoms in total. The number of aromatic nitrogens is 2. The maximum Gasteiger partial charge on any atom is 0.240 e. The summed E-state index contributed by atoms with van der Waals surface area (Å²) in [7, 11) is 3.30. The third kappa shape index (κ3) is 3.27. The molecule has 0 bridgehead atoms. The van der Waals surface area contributed by atoms with E-state index in [1.54, 1.807) is 21.1 Å². The molecule has 0 amide bonds. The lowest BCUT2D eigenvalue weighted by molar-refractivity contribution is 0.353. The Bertz CT molecular complexity index is 569. The lowest BCUT2D eigenvalue weighted by atomic mass is 10.1. The third-order valence-electron chi connectivity index (χ3n) is 3.03. The number of nitrogens with zero attached hydrogens (tertiary/aromatic N) is 2. The van der Waals surface area contributed by atoms with Gasteiger partial charge in [0.15, 0.2) is 5.82 Å². The van der Waals surface area contributed by atoms with E-state index in [9.17, 15) is 0 Å². The minimum atomic E-state index is 0.0623. The van der Waals surface area contributed by atoms with Crippen LogP contribution in [-0.4, -0.2) is 24.4 Å². The van der Waals surface area contributed by atoms with Crippen molar-refractivity contribution in [2.45, 2.75) is 26.4 Å². The van der Waals surface area contributed by atoms with Crippen LogP contribution >= 0.6 is 0 Å². The summed E-state index contributed by atoms with van der Waals surface area (Å²) < 4.78 is 15.7. The third-order valence-corrected chi connectivity index (χ3v) is 3.03. The lowest BCUT2D eigenvalue weighted by Crippen LogP contribution is -2.19. The molecular weight excluding hydrogens is 258 g/mol. The highest BCUT2D eigenvalue weighted by Gasteiger charge is 2.13. The lowest BCUT2D eigenvalue weighted by Gasteiger charge is -2.17. The van der Waals surface area contributed by atoms with Crippen LogP contribution in [0, 0.1) is 6.92 Å². The molecule has 0 saturated carbocycles. The molecule has 6 heteroatoms. The maximum absolute atomic E-state index is 5.38. The summed E-state index contributed by atoms with van der Waals surface area (Å²) in [4.78, 5) is 4.16. The van der Waals surface area contributed by atoms with E-state index >= 15 is 0 Å². The Balaban J connectivity index is 2.09. The van der Waals surface area contributed by atoms with Gasteiger partial charge in [0, 0.05) is 11.6 Å². The van der Waals surface area contributed by atoms with Crippen LogP contribution in [0.4, 0.5) is 0 Å². The van der Waals surface area contributed by atoms with Crippen molar-refractivity contribution in [2.75, 3.05) is 14.2 Å². The molecule has 0 aliphatic carbocycles. The molecule has 1 aromatic carbocycles. The van der Waals surface area contributed by atoms with Gasteiger partial charge in [0.05, 0.1) is 20.8 Å². The van der Waals surface area contributed by atoms with E-state index < -0.39 is 0 Å². The van der Waals surface area contributed by atoms with E-state index in [-0.39, 0.29) is 6.04 Å². The fourth-order valence-electron chi connectivity index (χ4n) is 1.94. The first kappa shape index (κ1) is 14.3. The topological polar surface area (TPSA) is 69.4 Å². The largest absolute Gasteiger partial charge is 0.497 e. The van der Waals surface area contributed by atoms with Crippen LogP contribution in [0.15, 0.2) is 22.7 Å². The van der Waals surface area contributed by atoms with Gasteiger partial charge in [-0.05, 0) is 32.0 Å². The SMILES string of the molecule is COc1ccc(OC)c(C(C)NCc2nc(C)no2)c1. The van der Waals surface area contributed by atoms with Crippen LogP contribution in [0.3, 0.4) is 0 Å². The van der Waals surface area contributed by atoms with Gasteiger partial charge in [-0.1, -0.05) is 5.16 Å². The second kappa shape index (κ2) is 6.38. The number of rotatable bonds is 6. The smallest absolute Gasteiger partial charge is 0.240 e. The Kier molecular flexibility index (Phi) is 4.57. The molecule has 0 fully saturated rings. The van der Waals surface area contributed by atoms with Crippen molar-refractivity contribution in [1.82, 2.24) is 15.5 Å². The van der Waals surface area contributed by atoms with Crippen molar-refractivity contribution in [3.63, 3.8) is 0 Å². The van der Waals surface area contributed by atoms with Crippen molar-refractivity contribution in [3.8, 4) is 11.5 Å².